The maximum atomic E-state index is 13.7. The van der Waals surface area contributed by atoms with Crippen LogP contribution in [0.4, 0.5) is 5.13 Å². The Morgan fingerprint density at radius 3 is 2.42 bits per heavy atom. The molecule has 0 saturated heterocycles. The van der Waals surface area contributed by atoms with E-state index in [9.17, 15) is 4.79 Å². The number of para-hydroxylation sites is 1. The molecule has 6 heteroatoms. The third-order valence-electron chi connectivity index (χ3n) is 4.97. The van der Waals surface area contributed by atoms with E-state index in [4.69, 9.17) is 21.3 Å². The summed E-state index contributed by atoms with van der Waals surface area (Å²) >= 11 is 7.49. The van der Waals surface area contributed by atoms with Crippen LogP contribution in [-0.2, 0) is 11.3 Å². The molecule has 0 atom stereocenters. The van der Waals surface area contributed by atoms with Gasteiger partial charge in [-0.2, -0.15) is 0 Å². The zero-order valence-corrected chi connectivity index (χ0v) is 19.2. The number of hydrogen-bond donors (Lipinski definition) is 0. The second-order valence-electron chi connectivity index (χ2n) is 7.86. The van der Waals surface area contributed by atoms with Crippen molar-refractivity contribution < 1.29 is 9.53 Å². The van der Waals surface area contributed by atoms with Crippen molar-refractivity contribution in [2.24, 2.45) is 0 Å². The molecule has 1 amide bonds. The number of halogens is 1. The number of aromatic nitrogens is 1. The fraction of sp³-hybridized carbons (Fsp3) is 0.200. The van der Waals surface area contributed by atoms with E-state index in [-0.39, 0.29) is 5.91 Å². The second kappa shape index (κ2) is 8.69. The normalized spacial score (nSPS) is 11.5. The van der Waals surface area contributed by atoms with Gasteiger partial charge in [0.15, 0.2) is 10.7 Å². The predicted molar refractivity (Wildman–Crippen MR) is 128 cm³/mol. The van der Waals surface area contributed by atoms with Crippen LogP contribution in [0.5, 0.6) is 5.75 Å². The van der Waals surface area contributed by atoms with Crippen LogP contribution in [0.1, 0.15) is 25.0 Å². The number of anilines is 1. The Morgan fingerprint density at radius 1 is 1.03 bits per heavy atom. The van der Waals surface area contributed by atoms with Crippen molar-refractivity contribution >= 4 is 44.2 Å². The lowest BCUT2D eigenvalue weighted by Gasteiger charge is -2.31. The molecule has 0 bridgehead atoms. The molecule has 0 aliphatic rings. The summed E-state index contributed by atoms with van der Waals surface area (Å²) in [5, 5.41) is 1.28. The summed E-state index contributed by atoms with van der Waals surface area (Å²) in [6.45, 7) is 6.00. The van der Waals surface area contributed by atoms with Crippen LogP contribution >= 0.6 is 22.9 Å². The molecule has 4 nitrogen and oxygen atoms in total. The molecular formula is C25H23ClN2O2S. The average Bonchev–Trinajstić information content (AvgIpc) is 3.19. The highest BCUT2D eigenvalue weighted by atomic mass is 35.5. The minimum atomic E-state index is -1.10. The van der Waals surface area contributed by atoms with E-state index in [2.05, 4.69) is 0 Å². The van der Waals surface area contributed by atoms with Gasteiger partial charge in [-0.3, -0.25) is 9.69 Å². The monoisotopic (exact) mass is 450 g/mol. The summed E-state index contributed by atoms with van der Waals surface area (Å²) in [6.07, 6.45) is 0. The van der Waals surface area contributed by atoms with E-state index < -0.39 is 5.60 Å². The van der Waals surface area contributed by atoms with Crippen LogP contribution < -0.4 is 9.64 Å². The number of amides is 1. The summed E-state index contributed by atoms with van der Waals surface area (Å²) in [6, 6.07) is 23.0. The van der Waals surface area contributed by atoms with Crippen molar-refractivity contribution in [3.63, 3.8) is 0 Å². The van der Waals surface area contributed by atoms with Crippen LogP contribution in [-0.4, -0.2) is 16.5 Å². The number of fused-ring (bicyclic) bond motifs is 1. The molecule has 31 heavy (non-hydrogen) atoms. The molecular weight excluding hydrogens is 428 g/mol. The van der Waals surface area contributed by atoms with Crippen LogP contribution in [0, 0.1) is 6.92 Å². The standard InChI is InChI=1S/C25H23ClN2O2S/c1-17-8-7-11-21-22(17)27-24(31-21)28(16-18-9-5-4-6-10-18)23(29)25(2,3)30-20-14-12-19(26)13-15-20/h4-15H,16H2,1-3H3. The van der Waals surface area contributed by atoms with Gasteiger partial charge in [0.05, 0.1) is 16.8 Å². The smallest absolute Gasteiger partial charge is 0.272 e. The number of benzene rings is 3. The lowest BCUT2D eigenvalue weighted by atomic mass is 10.1. The Morgan fingerprint density at radius 2 is 1.74 bits per heavy atom. The zero-order chi connectivity index (χ0) is 22.0. The molecule has 0 aliphatic carbocycles. The molecule has 1 heterocycles. The predicted octanol–water partition coefficient (Wildman–Crippen LogP) is 6.65. The molecule has 0 spiro atoms. The third-order valence-corrected chi connectivity index (χ3v) is 6.27. The maximum Gasteiger partial charge on any atom is 0.272 e. The van der Waals surface area contributed by atoms with E-state index in [1.54, 1.807) is 43.0 Å². The fourth-order valence-electron chi connectivity index (χ4n) is 3.35. The summed E-state index contributed by atoms with van der Waals surface area (Å²) in [5.74, 6) is 0.422. The van der Waals surface area contributed by atoms with Gasteiger partial charge in [0, 0.05) is 5.02 Å². The summed E-state index contributed by atoms with van der Waals surface area (Å²) in [4.78, 5) is 20.3. The number of rotatable bonds is 6. The Balaban J connectivity index is 1.70. The number of aryl methyl sites for hydroxylation is 1. The average molecular weight is 451 g/mol. The molecule has 158 valence electrons. The summed E-state index contributed by atoms with van der Waals surface area (Å²) in [5.41, 5.74) is 1.93. The van der Waals surface area contributed by atoms with Crippen molar-refractivity contribution in [3.05, 3.63) is 88.9 Å². The Labute approximate surface area is 191 Å². The van der Waals surface area contributed by atoms with Crippen molar-refractivity contribution in [1.29, 1.82) is 0 Å². The first-order chi connectivity index (χ1) is 14.8. The highest BCUT2D eigenvalue weighted by Gasteiger charge is 2.36. The van der Waals surface area contributed by atoms with Gasteiger partial charge in [-0.25, -0.2) is 4.98 Å². The number of carbonyl (C=O) groups is 1. The van der Waals surface area contributed by atoms with Crippen LogP contribution in [0.15, 0.2) is 72.8 Å². The first-order valence-electron chi connectivity index (χ1n) is 10.00. The minimum Gasteiger partial charge on any atom is -0.478 e. The molecule has 4 rings (SSSR count). The quantitative estimate of drug-likeness (QED) is 0.330. The summed E-state index contributed by atoms with van der Waals surface area (Å²) in [7, 11) is 0. The first-order valence-corrected chi connectivity index (χ1v) is 11.2. The van der Waals surface area contributed by atoms with Gasteiger partial charge in [0.2, 0.25) is 0 Å². The van der Waals surface area contributed by atoms with Crippen molar-refractivity contribution in [2.75, 3.05) is 4.90 Å². The summed E-state index contributed by atoms with van der Waals surface area (Å²) < 4.78 is 7.14. The van der Waals surface area contributed by atoms with Gasteiger partial charge in [0.1, 0.15) is 5.75 Å². The zero-order valence-electron chi connectivity index (χ0n) is 17.6. The Hall–Kier alpha value is -2.89. The van der Waals surface area contributed by atoms with Gasteiger partial charge >= 0.3 is 0 Å². The Bertz CT molecular complexity index is 1200. The first kappa shape index (κ1) is 21.3. The van der Waals surface area contributed by atoms with Crippen molar-refractivity contribution in [1.82, 2.24) is 4.98 Å². The Kier molecular flexibility index (Phi) is 5.99. The van der Waals surface area contributed by atoms with Crippen molar-refractivity contribution in [3.8, 4) is 5.75 Å². The molecule has 0 unspecified atom stereocenters. The van der Waals surface area contributed by atoms with Gasteiger partial charge < -0.3 is 4.74 Å². The minimum absolute atomic E-state index is 0.164. The highest BCUT2D eigenvalue weighted by molar-refractivity contribution is 7.22. The SMILES string of the molecule is Cc1cccc2sc(N(Cc3ccccc3)C(=O)C(C)(C)Oc3ccc(Cl)cc3)nc12. The van der Waals surface area contributed by atoms with E-state index in [0.717, 1.165) is 21.3 Å². The fourth-order valence-corrected chi connectivity index (χ4v) is 4.52. The van der Waals surface area contributed by atoms with Crippen LogP contribution in [0.3, 0.4) is 0 Å². The number of ether oxygens (including phenoxy) is 1. The number of nitrogens with zero attached hydrogens (tertiary/aromatic N) is 2. The van der Waals surface area contributed by atoms with Crippen molar-refractivity contribution in [2.45, 2.75) is 32.9 Å². The van der Waals surface area contributed by atoms with Gasteiger partial charge in [-0.15, -0.1) is 0 Å². The molecule has 3 aromatic carbocycles. The number of carbonyl (C=O) groups excluding carboxylic acids is 1. The van der Waals surface area contributed by atoms with E-state index in [0.29, 0.717) is 22.4 Å². The van der Waals surface area contributed by atoms with E-state index in [1.807, 2.05) is 55.5 Å². The molecule has 0 radical (unpaired) electrons. The molecule has 0 N–H and O–H groups in total. The highest BCUT2D eigenvalue weighted by Crippen LogP contribution is 2.33. The molecule has 0 fully saturated rings. The van der Waals surface area contributed by atoms with Gasteiger partial charge in [-0.05, 0) is 62.2 Å². The van der Waals surface area contributed by atoms with Gasteiger partial charge in [-0.1, -0.05) is 65.4 Å². The van der Waals surface area contributed by atoms with Crippen LogP contribution in [0.25, 0.3) is 10.2 Å². The maximum absolute atomic E-state index is 13.7. The van der Waals surface area contributed by atoms with Gasteiger partial charge in [0.25, 0.3) is 5.91 Å². The van der Waals surface area contributed by atoms with Crippen LogP contribution in [0.2, 0.25) is 5.02 Å². The number of thiazole rings is 1. The lowest BCUT2D eigenvalue weighted by molar-refractivity contribution is -0.131. The topological polar surface area (TPSA) is 42.4 Å². The van der Waals surface area contributed by atoms with E-state index >= 15 is 0 Å². The number of hydrogen-bond acceptors (Lipinski definition) is 4. The second-order valence-corrected chi connectivity index (χ2v) is 9.31. The molecule has 0 saturated carbocycles. The van der Waals surface area contributed by atoms with E-state index in [1.165, 1.54) is 11.3 Å². The third kappa shape index (κ3) is 4.73. The molecule has 1 aromatic heterocycles. The lowest BCUT2D eigenvalue weighted by Crippen LogP contribution is -2.48. The molecule has 0 aliphatic heterocycles. The largest absolute Gasteiger partial charge is 0.478 e. The molecule has 4 aromatic rings.